The number of benzene rings is 1. The third-order valence-corrected chi connectivity index (χ3v) is 4.82. The number of hydrogen-bond acceptors (Lipinski definition) is 5. The Morgan fingerprint density at radius 1 is 1.29 bits per heavy atom. The number of rotatable bonds is 10. The lowest BCUT2D eigenvalue weighted by atomic mass is 10.1. The van der Waals surface area contributed by atoms with Gasteiger partial charge in [-0.15, -0.1) is 0 Å². The monoisotopic (exact) mass is 358 g/mol. The second-order valence-electron chi connectivity index (χ2n) is 6.09. The second-order valence-corrected chi connectivity index (χ2v) is 7.86. The molecule has 3 N–H and O–H groups in total. The normalized spacial score (nSPS) is 13.0. The Hall–Kier alpha value is -1.64. The molecule has 0 unspecified atom stereocenters. The summed E-state index contributed by atoms with van der Waals surface area (Å²) in [6.45, 7) is 6.55. The lowest BCUT2D eigenvalue weighted by molar-refractivity contribution is 0.0697. The molecule has 0 radical (unpaired) electrons. The van der Waals surface area contributed by atoms with E-state index >= 15 is 0 Å². The number of ether oxygens (including phenoxy) is 1. The van der Waals surface area contributed by atoms with Gasteiger partial charge in [-0.25, -0.2) is 17.9 Å². The van der Waals surface area contributed by atoms with E-state index in [-0.39, 0.29) is 16.5 Å². The van der Waals surface area contributed by atoms with Gasteiger partial charge in [-0.2, -0.15) is 0 Å². The number of sulfonamides is 1. The number of methoxy groups -OCH3 is 1. The maximum atomic E-state index is 12.3. The first-order valence-corrected chi connectivity index (χ1v) is 9.28. The Bertz CT molecular complexity index is 658. The van der Waals surface area contributed by atoms with Crippen LogP contribution in [0.3, 0.4) is 0 Å². The molecule has 1 aromatic carbocycles. The minimum atomic E-state index is -3.73. The number of hydrogen-bond donors (Lipinski definition) is 3. The van der Waals surface area contributed by atoms with Crippen LogP contribution < -0.4 is 10.0 Å². The molecule has 1 rings (SSSR count). The van der Waals surface area contributed by atoms with Crippen molar-refractivity contribution in [2.75, 3.05) is 25.6 Å². The zero-order valence-corrected chi connectivity index (χ0v) is 15.3. The zero-order valence-electron chi connectivity index (χ0n) is 14.5. The molecule has 0 aliphatic rings. The van der Waals surface area contributed by atoms with Crippen LogP contribution in [0.1, 0.15) is 37.6 Å². The first kappa shape index (κ1) is 20.4. The molecule has 0 aliphatic carbocycles. The summed E-state index contributed by atoms with van der Waals surface area (Å²) in [5, 5.41) is 12.4. The number of anilines is 1. The third kappa shape index (κ3) is 6.10. The van der Waals surface area contributed by atoms with Gasteiger partial charge < -0.3 is 15.2 Å². The minimum Gasteiger partial charge on any atom is -0.478 e. The predicted octanol–water partition coefficient (Wildman–Crippen LogP) is 2.16. The highest BCUT2D eigenvalue weighted by atomic mass is 32.2. The minimum absolute atomic E-state index is 0.0615. The molecule has 0 spiro atoms. The molecular formula is C16H26N2O5S. The van der Waals surface area contributed by atoms with E-state index in [0.29, 0.717) is 31.2 Å². The molecule has 136 valence electrons. The van der Waals surface area contributed by atoms with Crippen LogP contribution in [0, 0.1) is 5.92 Å². The maximum Gasteiger partial charge on any atom is 0.337 e. The number of aromatic carboxylic acids is 1. The van der Waals surface area contributed by atoms with Gasteiger partial charge in [0.25, 0.3) is 0 Å². The van der Waals surface area contributed by atoms with Gasteiger partial charge in [0.1, 0.15) is 0 Å². The van der Waals surface area contributed by atoms with E-state index in [1.807, 2.05) is 20.8 Å². The van der Waals surface area contributed by atoms with Gasteiger partial charge in [0.05, 0.1) is 17.1 Å². The van der Waals surface area contributed by atoms with Crippen molar-refractivity contribution in [1.82, 2.24) is 4.72 Å². The van der Waals surface area contributed by atoms with Crippen molar-refractivity contribution < 1.29 is 23.1 Å². The molecule has 0 fully saturated rings. The van der Waals surface area contributed by atoms with Crippen LogP contribution in [0.4, 0.5) is 5.69 Å². The maximum absolute atomic E-state index is 12.3. The SMILES string of the molecule is COC[C@H](C)Nc1ccc(S(=O)(=O)NCCC(C)C)cc1C(=O)O. The molecule has 0 aliphatic heterocycles. The van der Waals surface area contributed by atoms with Crippen molar-refractivity contribution >= 4 is 21.7 Å². The molecule has 1 atom stereocenters. The van der Waals surface area contributed by atoms with Crippen molar-refractivity contribution in [2.45, 2.75) is 38.1 Å². The highest BCUT2D eigenvalue weighted by Crippen LogP contribution is 2.21. The first-order valence-electron chi connectivity index (χ1n) is 7.80. The fourth-order valence-electron chi connectivity index (χ4n) is 2.12. The molecule has 0 heterocycles. The number of carbonyl (C=O) groups is 1. The quantitative estimate of drug-likeness (QED) is 0.592. The summed E-state index contributed by atoms with van der Waals surface area (Å²) < 4.78 is 32.1. The summed E-state index contributed by atoms with van der Waals surface area (Å²) in [6, 6.07) is 3.92. The van der Waals surface area contributed by atoms with Crippen LogP contribution in [0.15, 0.2) is 23.1 Å². The summed E-state index contributed by atoms with van der Waals surface area (Å²) in [4.78, 5) is 11.4. The van der Waals surface area contributed by atoms with E-state index in [1.165, 1.54) is 18.2 Å². The summed E-state index contributed by atoms with van der Waals surface area (Å²) >= 11 is 0. The molecule has 7 nitrogen and oxygen atoms in total. The summed E-state index contributed by atoms with van der Waals surface area (Å²) in [7, 11) is -2.18. The highest BCUT2D eigenvalue weighted by Gasteiger charge is 2.19. The predicted molar refractivity (Wildman–Crippen MR) is 93.0 cm³/mol. The Morgan fingerprint density at radius 2 is 1.96 bits per heavy atom. The molecule has 24 heavy (non-hydrogen) atoms. The molecule has 0 saturated heterocycles. The largest absolute Gasteiger partial charge is 0.478 e. The molecule has 0 bridgehead atoms. The molecule has 0 aromatic heterocycles. The van der Waals surface area contributed by atoms with Crippen LogP contribution >= 0.6 is 0 Å². The molecular weight excluding hydrogens is 332 g/mol. The standard InChI is InChI=1S/C16H26N2O5S/c1-11(2)7-8-17-24(21,22)13-5-6-15(14(9-13)16(19)20)18-12(3)10-23-4/h5-6,9,11-12,17-18H,7-8,10H2,1-4H3,(H,19,20)/t12-/m0/s1. The van der Waals surface area contributed by atoms with Gasteiger partial charge in [-0.05, 0) is 37.5 Å². The van der Waals surface area contributed by atoms with E-state index in [9.17, 15) is 18.3 Å². The van der Waals surface area contributed by atoms with Crippen molar-refractivity contribution in [2.24, 2.45) is 5.92 Å². The number of carboxylic acids is 1. The fourth-order valence-corrected chi connectivity index (χ4v) is 3.19. The third-order valence-electron chi connectivity index (χ3n) is 3.36. The van der Waals surface area contributed by atoms with E-state index in [4.69, 9.17) is 4.74 Å². The van der Waals surface area contributed by atoms with Crippen LogP contribution in [0.2, 0.25) is 0 Å². The highest BCUT2D eigenvalue weighted by molar-refractivity contribution is 7.89. The average Bonchev–Trinajstić information content (AvgIpc) is 2.46. The van der Waals surface area contributed by atoms with Gasteiger partial charge >= 0.3 is 5.97 Å². The smallest absolute Gasteiger partial charge is 0.337 e. The van der Waals surface area contributed by atoms with E-state index < -0.39 is 16.0 Å². The van der Waals surface area contributed by atoms with Gasteiger partial charge in [-0.3, -0.25) is 0 Å². The Kier molecular flexibility index (Phi) is 7.65. The van der Waals surface area contributed by atoms with Crippen LogP contribution in [0.5, 0.6) is 0 Å². The van der Waals surface area contributed by atoms with Gasteiger partial charge in [0.2, 0.25) is 10.0 Å². The van der Waals surface area contributed by atoms with Crippen molar-refractivity contribution in [3.63, 3.8) is 0 Å². The summed E-state index contributed by atoms with van der Waals surface area (Å²) in [5.41, 5.74) is 0.262. The molecule has 0 amide bonds. The zero-order chi connectivity index (χ0) is 18.3. The Morgan fingerprint density at radius 3 is 2.50 bits per heavy atom. The number of carboxylic acid groups (broad SMARTS) is 1. The average molecular weight is 358 g/mol. The van der Waals surface area contributed by atoms with Crippen LogP contribution in [-0.4, -0.2) is 45.8 Å². The second kappa shape index (κ2) is 9.00. The summed E-state index contributed by atoms with van der Waals surface area (Å²) in [5.74, 6) is -0.822. The summed E-state index contributed by atoms with van der Waals surface area (Å²) in [6.07, 6.45) is 0.708. The van der Waals surface area contributed by atoms with E-state index in [1.54, 1.807) is 7.11 Å². The Labute approximate surface area is 143 Å². The van der Waals surface area contributed by atoms with Gasteiger partial charge in [0.15, 0.2) is 0 Å². The molecule has 0 saturated carbocycles. The van der Waals surface area contributed by atoms with Crippen molar-refractivity contribution in [1.29, 1.82) is 0 Å². The Balaban J connectivity index is 3.02. The van der Waals surface area contributed by atoms with Crippen molar-refractivity contribution in [3.8, 4) is 0 Å². The lowest BCUT2D eigenvalue weighted by Gasteiger charge is -2.17. The first-order chi connectivity index (χ1) is 11.2. The lowest BCUT2D eigenvalue weighted by Crippen LogP contribution is -2.26. The van der Waals surface area contributed by atoms with Gasteiger partial charge in [-0.1, -0.05) is 13.8 Å². The number of nitrogens with one attached hydrogen (secondary N) is 2. The topological polar surface area (TPSA) is 105 Å². The van der Waals surface area contributed by atoms with E-state index in [0.717, 1.165) is 0 Å². The van der Waals surface area contributed by atoms with E-state index in [2.05, 4.69) is 10.0 Å². The van der Waals surface area contributed by atoms with Crippen LogP contribution in [-0.2, 0) is 14.8 Å². The fraction of sp³-hybridized carbons (Fsp3) is 0.562. The van der Waals surface area contributed by atoms with Crippen molar-refractivity contribution in [3.05, 3.63) is 23.8 Å². The van der Waals surface area contributed by atoms with Crippen LogP contribution in [0.25, 0.3) is 0 Å². The molecule has 8 heteroatoms. The van der Waals surface area contributed by atoms with Gasteiger partial charge in [0, 0.05) is 25.4 Å². The molecule has 1 aromatic rings.